The van der Waals surface area contributed by atoms with Gasteiger partial charge in [0.2, 0.25) is 0 Å². The van der Waals surface area contributed by atoms with Crippen LogP contribution in [0.5, 0.6) is 0 Å². The SMILES string of the molecule is COCCCc1nnc2ccc(C=O)cn12. The number of aryl methyl sites for hydroxylation is 1. The van der Waals surface area contributed by atoms with Gasteiger partial charge in [0.15, 0.2) is 11.9 Å². The molecule has 0 amide bonds. The molecule has 2 aromatic heterocycles. The third kappa shape index (κ3) is 2.09. The number of fused-ring (bicyclic) bond motifs is 1. The quantitative estimate of drug-likeness (QED) is 0.558. The summed E-state index contributed by atoms with van der Waals surface area (Å²) in [5.41, 5.74) is 1.39. The van der Waals surface area contributed by atoms with Crippen LogP contribution in [-0.4, -0.2) is 34.6 Å². The molecule has 0 saturated carbocycles. The number of hydrogen-bond acceptors (Lipinski definition) is 4. The van der Waals surface area contributed by atoms with Crippen molar-refractivity contribution in [3.63, 3.8) is 0 Å². The van der Waals surface area contributed by atoms with Crippen LogP contribution in [0.2, 0.25) is 0 Å². The molecule has 0 saturated heterocycles. The maximum atomic E-state index is 10.7. The topological polar surface area (TPSA) is 56.5 Å². The second-order valence-corrected chi connectivity index (χ2v) is 3.52. The predicted molar refractivity (Wildman–Crippen MR) is 58.6 cm³/mol. The van der Waals surface area contributed by atoms with Gasteiger partial charge in [-0.15, -0.1) is 10.2 Å². The molecule has 84 valence electrons. The highest BCUT2D eigenvalue weighted by Crippen LogP contribution is 2.07. The highest BCUT2D eigenvalue weighted by molar-refractivity contribution is 5.74. The zero-order valence-electron chi connectivity index (χ0n) is 9.09. The van der Waals surface area contributed by atoms with E-state index in [2.05, 4.69) is 10.2 Å². The summed E-state index contributed by atoms with van der Waals surface area (Å²) >= 11 is 0. The Kier molecular flexibility index (Phi) is 3.26. The fourth-order valence-corrected chi connectivity index (χ4v) is 1.57. The van der Waals surface area contributed by atoms with Gasteiger partial charge < -0.3 is 4.74 Å². The third-order valence-electron chi connectivity index (χ3n) is 2.38. The summed E-state index contributed by atoms with van der Waals surface area (Å²) in [6.07, 6.45) is 4.25. The second kappa shape index (κ2) is 4.85. The van der Waals surface area contributed by atoms with E-state index < -0.39 is 0 Å². The van der Waals surface area contributed by atoms with E-state index in [1.54, 1.807) is 25.4 Å². The summed E-state index contributed by atoms with van der Waals surface area (Å²) in [6, 6.07) is 3.52. The van der Waals surface area contributed by atoms with Crippen LogP contribution in [0.1, 0.15) is 22.6 Å². The van der Waals surface area contributed by atoms with E-state index in [1.807, 2.05) is 4.40 Å². The van der Waals surface area contributed by atoms with Gasteiger partial charge in [0.1, 0.15) is 5.82 Å². The molecular weight excluding hydrogens is 206 g/mol. The molecule has 0 aromatic carbocycles. The number of methoxy groups -OCH3 is 1. The van der Waals surface area contributed by atoms with E-state index in [-0.39, 0.29) is 0 Å². The number of aromatic nitrogens is 3. The molecule has 0 radical (unpaired) electrons. The lowest BCUT2D eigenvalue weighted by Gasteiger charge is -2.00. The van der Waals surface area contributed by atoms with E-state index in [0.717, 1.165) is 30.6 Å². The minimum absolute atomic E-state index is 0.625. The first kappa shape index (κ1) is 10.8. The van der Waals surface area contributed by atoms with Crippen LogP contribution < -0.4 is 0 Å². The fourth-order valence-electron chi connectivity index (χ4n) is 1.57. The van der Waals surface area contributed by atoms with Crippen molar-refractivity contribution in [1.82, 2.24) is 14.6 Å². The molecular formula is C11H13N3O2. The van der Waals surface area contributed by atoms with Gasteiger partial charge >= 0.3 is 0 Å². The van der Waals surface area contributed by atoms with Crippen LogP contribution in [0.4, 0.5) is 0 Å². The van der Waals surface area contributed by atoms with Crippen molar-refractivity contribution in [3.05, 3.63) is 29.7 Å². The Balaban J connectivity index is 2.27. The molecule has 0 unspecified atom stereocenters. The summed E-state index contributed by atoms with van der Waals surface area (Å²) in [5, 5.41) is 8.11. The number of nitrogens with zero attached hydrogens (tertiary/aromatic N) is 3. The van der Waals surface area contributed by atoms with Gasteiger partial charge in [0.05, 0.1) is 0 Å². The molecule has 0 aliphatic carbocycles. The summed E-state index contributed by atoms with van der Waals surface area (Å²) in [5.74, 6) is 0.857. The molecule has 0 fully saturated rings. The van der Waals surface area contributed by atoms with Crippen LogP contribution >= 0.6 is 0 Å². The lowest BCUT2D eigenvalue weighted by molar-refractivity contribution is 0.112. The number of hydrogen-bond donors (Lipinski definition) is 0. The molecule has 5 nitrogen and oxygen atoms in total. The van der Waals surface area contributed by atoms with Crippen molar-refractivity contribution < 1.29 is 9.53 Å². The van der Waals surface area contributed by atoms with Gasteiger partial charge in [0, 0.05) is 31.9 Å². The van der Waals surface area contributed by atoms with Crippen molar-refractivity contribution in [3.8, 4) is 0 Å². The zero-order valence-corrected chi connectivity index (χ0v) is 9.09. The van der Waals surface area contributed by atoms with Gasteiger partial charge in [0.25, 0.3) is 0 Å². The number of aldehydes is 1. The zero-order chi connectivity index (χ0) is 11.4. The van der Waals surface area contributed by atoms with Crippen LogP contribution in [0.25, 0.3) is 5.65 Å². The molecule has 2 heterocycles. The highest BCUT2D eigenvalue weighted by atomic mass is 16.5. The number of rotatable bonds is 5. The van der Waals surface area contributed by atoms with Gasteiger partial charge in [-0.2, -0.15) is 0 Å². The Morgan fingerprint density at radius 3 is 3.06 bits per heavy atom. The lowest BCUT2D eigenvalue weighted by Crippen LogP contribution is -1.99. The predicted octanol–water partition coefficient (Wildman–Crippen LogP) is 1.12. The Morgan fingerprint density at radius 2 is 2.31 bits per heavy atom. The van der Waals surface area contributed by atoms with Crippen LogP contribution in [-0.2, 0) is 11.2 Å². The Labute approximate surface area is 93.1 Å². The maximum absolute atomic E-state index is 10.7. The first-order valence-corrected chi connectivity index (χ1v) is 5.13. The normalized spacial score (nSPS) is 10.8. The van der Waals surface area contributed by atoms with E-state index >= 15 is 0 Å². The minimum atomic E-state index is 0.625. The van der Waals surface area contributed by atoms with E-state index in [1.165, 1.54) is 0 Å². The summed E-state index contributed by atoms with van der Waals surface area (Å²) in [4.78, 5) is 10.7. The molecule has 2 rings (SSSR count). The summed E-state index contributed by atoms with van der Waals surface area (Å²) in [6.45, 7) is 0.697. The first-order chi connectivity index (χ1) is 7.85. The average Bonchev–Trinajstić information content (AvgIpc) is 2.72. The molecule has 16 heavy (non-hydrogen) atoms. The summed E-state index contributed by atoms with van der Waals surface area (Å²) in [7, 11) is 1.67. The van der Waals surface area contributed by atoms with Gasteiger partial charge in [-0.1, -0.05) is 0 Å². The van der Waals surface area contributed by atoms with Crippen molar-refractivity contribution in [2.75, 3.05) is 13.7 Å². The Bertz CT molecular complexity index is 493. The smallest absolute Gasteiger partial charge is 0.160 e. The number of carbonyl (C=O) groups excluding carboxylic acids is 1. The number of ether oxygens (including phenoxy) is 1. The molecule has 0 N–H and O–H groups in total. The lowest BCUT2D eigenvalue weighted by atomic mass is 10.3. The Hall–Kier alpha value is -1.75. The second-order valence-electron chi connectivity index (χ2n) is 3.52. The van der Waals surface area contributed by atoms with Crippen LogP contribution in [0, 0.1) is 0 Å². The molecule has 0 atom stereocenters. The van der Waals surface area contributed by atoms with E-state index in [0.29, 0.717) is 12.2 Å². The fraction of sp³-hybridized carbons (Fsp3) is 0.364. The standard InChI is InChI=1S/C11H13N3O2/c1-16-6-2-3-10-12-13-11-5-4-9(8-15)7-14(10)11/h4-5,7-8H,2-3,6H2,1H3. The largest absolute Gasteiger partial charge is 0.385 e. The average molecular weight is 219 g/mol. The minimum Gasteiger partial charge on any atom is -0.385 e. The molecule has 0 bridgehead atoms. The monoisotopic (exact) mass is 219 g/mol. The number of pyridine rings is 1. The molecule has 0 aliphatic rings. The third-order valence-corrected chi connectivity index (χ3v) is 2.38. The van der Waals surface area contributed by atoms with Gasteiger partial charge in [-0.3, -0.25) is 9.20 Å². The molecule has 0 aliphatic heterocycles. The van der Waals surface area contributed by atoms with Crippen molar-refractivity contribution in [1.29, 1.82) is 0 Å². The van der Waals surface area contributed by atoms with Gasteiger partial charge in [-0.05, 0) is 18.6 Å². The van der Waals surface area contributed by atoms with Crippen LogP contribution in [0.15, 0.2) is 18.3 Å². The summed E-state index contributed by atoms with van der Waals surface area (Å²) < 4.78 is 6.83. The molecule has 2 aromatic rings. The Morgan fingerprint density at radius 1 is 1.44 bits per heavy atom. The van der Waals surface area contributed by atoms with Crippen molar-refractivity contribution in [2.24, 2.45) is 0 Å². The van der Waals surface area contributed by atoms with E-state index in [9.17, 15) is 4.79 Å². The first-order valence-electron chi connectivity index (χ1n) is 5.13. The molecule has 5 heteroatoms. The van der Waals surface area contributed by atoms with E-state index in [4.69, 9.17) is 4.74 Å². The highest BCUT2D eigenvalue weighted by Gasteiger charge is 2.05. The molecule has 0 spiro atoms. The van der Waals surface area contributed by atoms with Crippen LogP contribution in [0.3, 0.4) is 0 Å². The number of carbonyl (C=O) groups is 1. The van der Waals surface area contributed by atoms with Crippen molar-refractivity contribution in [2.45, 2.75) is 12.8 Å². The van der Waals surface area contributed by atoms with Crippen molar-refractivity contribution >= 4 is 11.9 Å². The van der Waals surface area contributed by atoms with Gasteiger partial charge in [-0.25, -0.2) is 0 Å². The maximum Gasteiger partial charge on any atom is 0.160 e.